The highest BCUT2D eigenvalue weighted by atomic mass is 16.5. The Hall–Kier alpha value is -3.24. The van der Waals surface area contributed by atoms with E-state index in [0.29, 0.717) is 37.7 Å². The van der Waals surface area contributed by atoms with Gasteiger partial charge in [-0.3, -0.25) is 9.78 Å². The minimum Gasteiger partial charge on any atom is -0.372 e. The second kappa shape index (κ2) is 9.49. The normalized spacial score (nSPS) is 18.3. The van der Waals surface area contributed by atoms with E-state index in [1.807, 2.05) is 36.9 Å². The monoisotopic (exact) mass is 431 g/mol. The van der Waals surface area contributed by atoms with Gasteiger partial charge in [0.25, 0.3) is 0 Å². The van der Waals surface area contributed by atoms with E-state index in [0.717, 1.165) is 41.2 Å². The van der Waals surface area contributed by atoms with Crippen LogP contribution < -0.4 is 4.90 Å². The van der Waals surface area contributed by atoms with Crippen molar-refractivity contribution in [3.8, 4) is 17.2 Å². The highest BCUT2D eigenvalue weighted by Gasteiger charge is 2.33. The molecule has 7 heteroatoms. The molecule has 1 saturated heterocycles. The summed E-state index contributed by atoms with van der Waals surface area (Å²) in [6.45, 7) is 10.2. The number of pyridine rings is 2. The quantitative estimate of drug-likeness (QED) is 0.666. The predicted molar refractivity (Wildman–Crippen MR) is 124 cm³/mol. The molecule has 1 atom stereocenters. The molecule has 2 aliphatic rings. The fourth-order valence-corrected chi connectivity index (χ4v) is 4.26. The van der Waals surface area contributed by atoms with Crippen molar-refractivity contribution in [1.29, 1.82) is 5.26 Å². The lowest BCUT2D eigenvalue weighted by atomic mass is 9.99. The minimum atomic E-state index is 0.0113. The van der Waals surface area contributed by atoms with E-state index in [-0.39, 0.29) is 18.6 Å². The van der Waals surface area contributed by atoms with Crippen molar-refractivity contribution in [2.24, 2.45) is 0 Å². The molecule has 166 valence electrons. The van der Waals surface area contributed by atoms with Gasteiger partial charge < -0.3 is 14.5 Å². The molecule has 0 bridgehead atoms. The average Bonchev–Trinajstić information content (AvgIpc) is 3.67. The number of amides is 1. The molecule has 1 unspecified atom stereocenters. The van der Waals surface area contributed by atoms with E-state index in [9.17, 15) is 10.1 Å². The number of hydrogen-bond donors (Lipinski definition) is 0. The Balaban J connectivity index is 1.64. The third-order valence-corrected chi connectivity index (χ3v) is 6.09. The standard InChI is InChI=1S/C25H29N5O2/c1-4-21-12-19(8-9-27-21)22-13-20(14-26)25(28-24(22)18-6-7-18)29-10-11-30(17(3)15-29)23(31)16-32-5-2/h4,8-9,12-13,17-18H,1,5-7,10-11,15-16H2,2-3H3. The zero-order chi connectivity index (χ0) is 22.7. The Bertz CT molecular complexity index is 1060. The summed E-state index contributed by atoms with van der Waals surface area (Å²) in [5.74, 6) is 1.15. The molecular formula is C25H29N5O2. The van der Waals surface area contributed by atoms with Gasteiger partial charge in [-0.2, -0.15) is 5.26 Å². The number of nitrogens with zero attached hydrogens (tertiary/aromatic N) is 5. The number of nitriles is 1. The fraction of sp³-hybridized carbons (Fsp3) is 0.440. The third kappa shape index (κ3) is 4.51. The predicted octanol–water partition coefficient (Wildman–Crippen LogP) is 3.61. The van der Waals surface area contributed by atoms with Gasteiger partial charge >= 0.3 is 0 Å². The van der Waals surface area contributed by atoms with E-state index in [1.165, 1.54) is 0 Å². The maximum absolute atomic E-state index is 12.4. The van der Waals surface area contributed by atoms with Crippen LogP contribution in [0.5, 0.6) is 0 Å². The Labute approximate surface area is 189 Å². The van der Waals surface area contributed by atoms with Crippen molar-refractivity contribution in [3.05, 3.63) is 47.9 Å². The van der Waals surface area contributed by atoms with Gasteiger partial charge in [-0.25, -0.2) is 4.98 Å². The number of anilines is 1. The highest BCUT2D eigenvalue weighted by Crippen LogP contribution is 2.45. The van der Waals surface area contributed by atoms with Gasteiger partial charge in [0.2, 0.25) is 5.91 Å². The summed E-state index contributed by atoms with van der Waals surface area (Å²) in [7, 11) is 0. The molecule has 1 aliphatic carbocycles. The summed E-state index contributed by atoms with van der Waals surface area (Å²) < 4.78 is 5.29. The molecule has 0 radical (unpaired) electrons. The number of hydrogen-bond acceptors (Lipinski definition) is 6. The number of ether oxygens (including phenoxy) is 1. The molecule has 7 nitrogen and oxygen atoms in total. The van der Waals surface area contributed by atoms with Crippen molar-refractivity contribution >= 4 is 17.8 Å². The molecule has 1 amide bonds. The smallest absolute Gasteiger partial charge is 0.248 e. The van der Waals surface area contributed by atoms with Crippen molar-refractivity contribution in [2.45, 2.75) is 38.6 Å². The second-order valence-corrected chi connectivity index (χ2v) is 8.37. The average molecular weight is 432 g/mol. The molecule has 4 rings (SSSR count). The summed E-state index contributed by atoms with van der Waals surface area (Å²) in [6.07, 6.45) is 5.71. The first-order valence-electron chi connectivity index (χ1n) is 11.2. The van der Waals surface area contributed by atoms with E-state index in [1.54, 1.807) is 12.3 Å². The largest absolute Gasteiger partial charge is 0.372 e. The van der Waals surface area contributed by atoms with E-state index >= 15 is 0 Å². The maximum Gasteiger partial charge on any atom is 0.248 e. The Morgan fingerprint density at radius 2 is 2.19 bits per heavy atom. The Morgan fingerprint density at radius 1 is 1.38 bits per heavy atom. The van der Waals surface area contributed by atoms with Crippen LogP contribution in [0.1, 0.15) is 49.6 Å². The zero-order valence-corrected chi connectivity index (χ0v) is 18.8. The van der Waals surface area contributed by atoms with E-state index in [4.69, 9.17) is 9.72 Å². The Kier molecular flexibility index (Phi) is 6.52. The molecule has 2 fully saturated rings. The van der Waals surface area contributed by atoms with E-state index < -0.39 is 0 Å². The van der Waals surface area contributed by atoms with Crippen LogP contribution in [0.25, 0.3) is 17.2 Å². The zero-order valence-electron chi connectivity index (χ0n) is 18.8. The highest BCUT2D eigenvalue weighted by molar-refractivity contribution is 5.78. The van der Waals surface area contributed by atoms with Gasteiger partial charge in [0.15, 0.2) is 0 Å². The molecule has 0 N–H and O–H groups in total. The lowest BCUT2D eigenvalue weighted by Crippen LogP contribution is -2.55. The summed E-state index contributed by atoms with van der Waals surface area (Å²) in [4.78, 5) is 25.8. The molecule has 32 heavy (non-hydrogen) atoms. The lowest BCUT2D eigenvalue weighted by Gasteiger charge is -2.40. The van der Waals surface area contributed by atoms with Gasteiger partial charge in [-0.05, 0) is 56.5 Å². The number of carbonyl (C=O) groups excluding carboxylic acids is 1. The fourth-order valence-electron chi connectivity index (χ4n) is 4.26. The maximum atomic E-state index is 12.4. The van der Waals surface area contributed by atoms with Crippen molar-refractivity contribution < 1.29 is 9.53 Å². The van der Waals surface area contributed by atoms with Crippen LogP contribution in [0, 0.1) is 11.3 Å². The van der Waals surface area contributed by atoms with Crippen LogP contribution in [0.2, 0.25) is 0 Å². The molecular weight excluding hydrogens is 402 g/mol. The van der Waals surface area contributed by atoms with Crippen molar-refractivity contribution in [2.75, 3.05) is 37.7 Å². The van der Waals surface area contributed by atoms with Crippen molar-refractivity contribution in [1.82, 2.24) is 14.9 Å². The van der Waals surface area contributed by atoms with Gasteiger partial charge in [0.1, 0.15) is 18.5 Å². The van der Waals surface area contributed by atoms with Crippen LogP contribution in [-0.4, -0.2) is 59.7 Å². The number of piperazine rings is 1. The van der Waals surface area contributed by atoms with E-state index in [2.05, 4.69) is 22.5 Å². The molecule has 2 aromatic rings. The summed E-state index contributed by atoms with van der Waals surface area (Å²) in [6, 6.07) is 8.29. The van der Waals surface area contributed by atoms with Crippen LogP contribution in [0.4, 0.5) is 5.82 Å². The van der Waals surface area contributed by atoms with Gasteiger partial charge in [-0.1, -0.05) is 6.58 Å². The molecule has 0 aromatic carbocycles. The molecule has 0 spiro atoms. The van der Waals surface area contributed by atoms with Gasteiger partial charge in [0.05, 0.1) is 17.0 Å². The molecule has 2 aromatic heterocycles. The topological polar surface area (TPSA) is 82.4 Å². The summed E-state index contributed by atoms with van der Waals surface area (Å²) >= 11 is 0. The first kappa shape index (κ1) is 22.0. The van der Waals surface area contributed by atoms with Crippen LogP contribution in [0.15, 0.2) is 31.0 Å². The van der Waals surface area contributed by atoms with Crippen LogP contribution in [-0.2, 0) is 9.53 Å². The van der Waals surface area contributed by atoms with Crippen LogP contribution >= 0.6 is 0 Å². The Morgan fingerprint density at radius 3 is 2.84 bits per heavy atom. The van der Waals surface area contributed by atoms with Crippen molar-refractivity contribution in [3.63, 3.8) is 0 Å². The third-order valence-electron chi connectivity index (χ3n) is 6.09. The first-order chi connectivity index (χ1) is 15.5. The number of carbonyl (C=O) groups is 1. The molecule has 1 saturated carbocycles. The second-order valence-electron chi connectivity index (χ2n) is 8.37. The number of rotatable bonds is 7. The van der Waals surface area contributed by atoms with Gasteiger partial charge in [0, 0.05) is 50.0 Å². The van der Waals surface area contributed by atoms with Gasteiger partial charge in [-0.15, -0.1) is 0 Å². The lowest BCUT2D eigenvalue weighted by molar-refractivity contribution is -0.138. The van der Waals surface area contributed by atoms with Crippen LogP contribution in [0.3, 0.4) is 0 Å². The first-order valence-corrected chi connectivity index (χ1v) is 11.2. The molecule has 1 aliphatic heterocycles. The summed E-state index contributed by atoms with van der Waals surface area (Å²) in [5.41, 5.74) is 4.41. The summed E-state index contributed by atoms with van der Waals surface area (Å²) in [5, 5.41) is 9.94. The minimum absolute atomic E-state index is 0.0113. The molecule has 3 heterocycles. The SMILES string of the molecule is C=Cc1cc(-c2cc(C#N)c(N3CCN(C(=O)COCC)C(C)C3)nc2C2CC2)ccn1. The number of aromatic nitrogens is 2.